The topological polar surface area (TPSA) is 32.3 Å². The molecule has 1 atom stereocenters. The van der Waals surface area contributed by atoms with Crippen LogP contribution < -0.4 is 5.32 Å². The van der Waals surface area contributed by atoms with E-state index < -0.39 is 0 Å². The molecule has 1 amide bonds. The minimum Gasteiger partial charge on any atom is -0.340 e. The molecule has 98 valence electrons. The normalized spacial score (nSPS) is 19.9. The molecule has 1 aliphatic heterocycles. The molecule has 0 bridgehead atoms. The first kappa shape index (κ1) is 14.6. The van der Waals surface area contributed by atoms with Gasteiger partial charge in [0.25, 0.3) is 0 Å². The molecule has 0 spiro atoms. The lowest BCUT2D eigenvalue weighted by Crippen LogP contribution is -2.36. The third-order valence-electron chi connectivity index (χ3n) is 3.14. The molecule has 0 saturated carbocycles. The Labute approximate surface area is 109 Å². The summed E-state index contributed by atoms with van der Waals surface area (Å²) in [4.78, 5) is 13.8. The maximum atomic E-state index is 11.8. The SMILES string of the molecule is C=CCNCC[C@@H]1CCC(=O)N1CCCSC. The van der Waals surface area contributed by atoms with Gasteiger partial charge < -0.3 is 10.2 Å². The Morgan fingerprint density at radius 3 is 3.18 bits per heavy atom. The Kier molecular flexibility index (Phi) is 7.37. The van der Waals surface area contributed by atoms with Crippen LogP contribution >= 0.6 is 11.8 Å². The number of hydrogen-bond donors (Lipinski definition) is 1. The summed E-state index contributed by atoms with van der Waals surface area (Å²) in [6, 6.07) is 0.460. The maximum Gasteiger partial charge on any atom is 0.222 e. The van der Waals surface area contributed by atoms with Gasteiger partial charge in [0, 0.05) is 25.6 Å². The van der Waals surface area contributed by atoms with Crippen LogP contribution in [0.5, 0.6) is 0 Å². The van der Waals surface area contributed by atoms with Crippen molar-refractivity contribution < 1.29 is 4.79 Å². The summed E-state index contributed by atoms with van der Waals surface area (Å²) >= 11 is 1.85. The number of hydrogen-bond acceptors (Lipinski definition) is 3. The molecule has 3 nitrogen and oxygen atoms in total. The van der Waals surface area contributed by atoms with Gasteiger partial charge >= 0.3 is 0 Å². The summed E-state index contributed by atoms with van der Waals surface area (Å²) in [6.07, 6.45) is 7.94. The summed E-state index contributed by atoms with van der Waals surface area (Å²) < 4.78 is 0. The molecular weight excluding hydrogens is 232 g/mol. The molecular formula is C13H24N2OS. The number of nitrogens with one attached hydrogen (secondary N) is 1. The van der Waals surface area contributed by atoms with Gasteiger partial charge in [-0.1, -0.05) is 6.08 Å². The fourth-order valence-electron chi connectivity index (χ4n) is 2.25. The van der Waals surface area contributed by atoms with Crippen molar-refractivity contribution in [1.82, 2.24) is 10.2 Å². The lowest BCUT2D eigenvalue weighted by molar-refractivity contribution is -0.129. The molecule has 1 saturated heterocycles. The third kappa shape index (κ3) is 5.13. The molecule has 1 rings (SSSR count). The van der Waals surface area contributed by atoms with Crippen molar-refractivity contribution in [2.45, 2.75) is 31.7 Å². The molecule has 0 unspecified atom stereocenters. The molecule has 0 aromatic rings. The maximum absolute atomic E-state index is 11.8. The van der Waals surface area contributed by atoms with Crippen LogP contribution in [0.25, 0.3) is 0 Å². The van der Waals surface area contributed by atoms with Gasteiger partial charge in [-0.15, -0.1) is 6.58 Å². The minimum atomic E-state index is 0.347. The smallest absolute Gasteiger partial charge is 0.222 e. The summed E-state index contributed by atoms with van der Waals surface area (Å²) in [5.74, 6) is 1.49. The van der Waals surface area contributed by atoms with Gasteiger partial charge in [0.15, 0.2) is 0 Å². The highest BCUT2D eigenvalue weighted by atomic mass is 32.2. The second kappa shape index (κ2) is 8.59. The van der Waals surface area contributed by atoms with Crippen molar-refractivity contribution in [2.24, 2.45) is 0 Å². The van der Waals surface area contributed by atoms with Crippen LogP contribution in [0, 0.1) is 0 Å². The van der Waals surface area contributed by atoms with Crippen molar-refractivity contribution in [3.8, 4) is 0 Å². The molecule has 1 aliphatic rings. The van der Waals surface area contributed by atoms with Crippen LogP contribution in [-0.4, -0.2) is 48.5 Å². The van der Waals surface area contributed by atoms with Gasteiger partial charge in [-0.2, -0.15) is 11.8 Å². The predicted molar refractivity (Wildman–Crippen MR) is 75.4 cm³/mol. The monoisotopic (exact) mass is 256 g/mol. The van der Waals surface area contributed by atoms with Crippen molar-refractivity contribution in [2.75, 3.05) is 31.6 Å². The molecule has 0 aromatic carbocycles. The Morgan fingerprint density at radius 2 is 2.47 bits per heavy atom. The number of rotatable bonds is 9. The highest BCUT2D eigenvalue weighted by Gasteiger charge is 2.29. The second-order valence-corrected chi connectivity index (χ2v) is 5.39. The van der Waals surface area contributed by atoms with Gasteiger partial charge in [-0.3, -0.25) is 4.79 Å². The first-order chi connectivity index (χ1) is 8.29. The zero-order valence-corrected chi connectivity index (χ0v) is 11.6. The molecule has 1 N–H and O–H groups in total. The molecule has 4 heteroatoms. The lowest BCUT2D eigenvalue weighted by atomic mass is 10.1. The van der Waals surface area contributed by atoms with E-state index in [1.165, 1.54) is 0 Å². The van der Waals surface area contributed by atoms with Crippen LogP contribution in [0.1, 0.15) is 25.7 Å². The molecule has 0 aliphatic carbocycles. The number of thioether (sulfide) groups is 1. The van der Waals surface area contributed by atoms with Crippen LogP contribution in [0.3, 0.4) is 0 Å². The average Bonchev–Trinajstić information content (AvgIpc) is 2.67. The fraction of sp³-hybridized carbons (Fsp3) is 0.769. The van der Waals surface area contributed by atoms with E-state index in [-0.39, 0.29) is 0 Å². The number of amides is 1. The Morgan fingerprint density at radius 1 is 1.65 bits per heavy atom. The van der Waals surface area contributed by atoms with Crippen LogP contribution in [0.15, 0.2) is 12.7 Å². The van der Waals surface area contributed by atoms with Crippen molar-refractivity contribution in [3.63, 3.8) is 0 Å². The molecule has 0 aromatic heterocycles. The summed E-state index contributed by atoms with van der Waals surface area (Å²) in [5, 5.41) is 3.30. The zero-order chi connectivity index (χ0) is 12.5. The number of likely N-dealkylation sites (tertiary alicyclic amines) is 1. The Balaban J connectivity index is 2.25. The highest BCUT2D eigenvalue weighted by Crippen LogP contribution is 2.21. The van der Waals surface area contributed by atoms with Gasteiger partial charge in [0.05, 0.1) is 0 Å². The van der Waals surface area contributed by atoms with Gasteiger partial charge in [0.1, 0.15) is 0 Å². The Bertz CT molecular complexity index is 246. The molecule has 1 heterocycles. The average molecular weight is 256 g/mol. The van der Waals surface area contributed by atoms with Gasteiger partial charge in [-0.25, -0.2) is 0 Å². The van der Waals surface area contributed by atoms with E-state index in [0.717, 1.165) is 51.1 Å². The van der Waals surface area contributed by atoms with E-state index in [0.29, 0.717) is 11.9 Å². The third-order valence-corrected chi connectivity index (χ3v) is 3.84. The van der Waals surface area contributed by atoms with Crippen LogP contribution in [-0.2, 0) is 4.79 Å². The van der Waals surface area contributed by atoms with E-state index in [1.54, 1.807) is 0 Å². The van der Waals surface area contributed by atoms with Crippen molar-refractivity contribution in [1.29, 1.82) is 0 Å². The summed E-state index contributed by atoms with van der Waals surface area (Å²) in [5.41, 5.74) is 0. The number of carbonyl (C=O) groups is 1. The summed E-state index contributed by atoms with van der Waals surface area (Å²) in [6.45, 7) is 6.44. The molecule has 0 radical (unpaired) electrons. The largest absolute Gasteiger partial charge is 0.340 e. The lowest BCUT2D eigenvalue weighted by Gasteiger charge is -2.24. The predicted octanol–water partition coefficient (Wildman–Crippen LogP) is 1.90. The number of nitrogens with zero attached hydrogens (tertiary/aromatic N) is 1. The minimum absolute atomic E-state index is 0.347. The highest BCUT2D eigenvalue weighted by molar-refractivity contribution is 7.98. The quantitative estimate of drug-likeness (QED) is 0.505. The Hall–Kier alpha value is -0.480. The summed E-state index contributed by atoms with van der Waals surface area (Å²) in [7, 11) is 0. The zero-order valence-electron chi connectivity index (χ0n) is 10.8. The second-order valence-electron chi connectivity index (χ2n) is 4.41. The van der Waals surface area contributed by atoms with Crippen LogP contribution in [0.2, 0.25) is 0 Å². The molecule has 17 heavy (non-hydrogen) atoms. The van der Waals surface area contributed by atoms with Gasteiger partial charge in [-0.05, 0) is 37.8 Å². The molecule has 1 fully saturated rings. The van der Waals surface area contributed by atoms with E-state index in [1.807, 2.05) is 17.8 Å². The first-order valence-corrected chi connectivity index (χ1v) is 7.79. The van der Waals surface area contributed by atoms with E-state index in [9.17, 15) is 4.79 Å². The van der Waals surface area contributed by atoms with E-state index in [2.05, 4.69) is 23.1 Å². The van der Waals surface area contributed by atoms with Crippen molar-refractivity contribution in [3.05, 3.63) is 12.7 Å². The fourth-order valence-corrected chi connectivity index (χ4v) is 2.67. The van der Waals surface area contributed by atoms with Crippen LogP contribution in [0.4, 0.5) is 0 Å². The number of carbonyl (C=O) groups excluding carboxylic acids is 1. The van der Waals surface area contributed by atoms with Gasteiger partial charge in [0.2, 0.25) is 5.91 Å². The first-order valence-electron chi connectivity index (χ1n) is 6.39. The standard InChI is InChI=1S/C13H24N2OS/c1-3-8-14-9-7-12-5-6-13(16)15(12)10-4-11-17-2/h3,12,14H,1,4-11H2,2H3/t12-/m0/s1. The van der Waals surface area contributed by atoms with Crippen molar-refractivity contribution >= 4 is 17.7 Å². The van der Waals surface area contributed by atoms with E-state index in [4.69, 9.17) is 0 Å². The van der Waals surface area contributed by atoms with E-state index >= 15 is 0 Å².